The van der Waals surface area contributed by atoms with Gasteiger partial charge in [0.1, 0.15) is 43.7 Å². The molecule has 9 atom stereocenters. The smallest absolute Gasteiger partial charge is 0.303 e. The van der Waals surface area contributed by atoms with Gasteiger partial charge in [-0.15, -0.1) is 0 Å². The minimum absolute atomic E-state index is 0.508. The van der Waals surface area contributed by atoms with Crippen molar-refractivity contribution in [1.82, 2.24) is 0 Å². The molecule has 2 rings (SSSR count). The maximum atomic E-state index is 12.4. The summed E-state index contributed by atoms with van der Waals surface area (Å²) in [6.45, 7) is 6.84. The average molecular weight is 677 g/mol. The Labute approximate surface area is 269 Å². The number of rotatable bonds is 13. The molecule has 0 aromatic rings. The van der Waals surface area contributed by atoms with Crippen molar-refractivity contribution >= 4 is 47.8 Å². The van der Waals surface area contributed by atoms with Crippen LogP contribution in [0.5, 0.6) is 0 Å². The molecule has 18 heteroatoms. The van der Waals surface area contributed by atoms with Crippen LogP contribution < -0.4 is 0 Å². The first-order chi connectivity index (χ1) is 21.8. The molecule has 0 radical (unpaired) electrons. The highest BCUT2D eigenvalue weighted by atomic mass is 16.7. The summed E-state index contributed by atoms with van der Waals surface area (Å²) in [5, 5.41) is 0. The van der Waals surface area contributed by atoms with E-state index in [1.165, 1.54) is 0 Å². The summed E-state index contributed by atoms with van der Waals surface area (Å²) in [7, 11) is 0. The highest BCUT2D eigenvalue weighted by Crippen LogP contribution is 2.43. The van der Waals surface area contributed by atoms with E-state index in [4.69, 9.17) is 47.4 Å². The van der Waals surface area contributed by atoms with Crippen molar-refractivity contribution in [3.63, 3.8) is 0 Å². The van der Waals surface area contributed by atoms with Gasteiger partial charge in [-0.3, -0.25) is 38.4 Å². The number of carbonyl (C=O) groups is 8. The fraction of sp³-hybridized carbons (Fsp3) is 0.724. The highest BCUT2D eigenvalue weighted by molar-refractivity contribution is 5.70. The van der Waals surface area contributed by atoms with Gasteiger partial charge in [0, 0.05) is 61.8 Å². The molecule has 0 bridgehead atoms. The summed E-state index contributed by atoms with van der Waals surface area (Å²) in [4.78, 5) is 96.8. The Hall–Kier alpha value is -4.32. The third-order valence-corrected chi connectivity index (χ3v) is 6.77. The molecule has 47 heavy (non-hydrogen) atoms. The minimum atomic E-state index is -1.98. The molecule has 2 heterocycles. The van der Waals surface area contributed by atoms with Crippen LogP contribution in [0.15, 0.2) is 0 Å². The predicted octanol–water partition coefficient (Wildman–Crippen LogP) is -0.371. The van der Waals surface area contributed by atoms with E-state index in [9.17, 15) is 38.4 Å². The van der Waals surface area contributed by atoms with Gasteiger partial charge in [0.25, 0.3) is 0 Å². The Morgan fingerprint density at radius 2 is 0.872 bits per heavy atom. The van der Waals surface area contributed by atoms with E-state index < -0.39 is 128 Å². The minimum Gasteiger partial charge on any atom is -0.463 e. The third kappa shape index (κ3) is 11.5. The second-order valence-corrected chi connectivity index (χ2v) is 10.8. The van der Waals surface area contributed by atoms with Gasteiger partial charge in [0.05, 0.1) is 0 Å². The topological polar surface area (TPSA) is 229 Å². The normalized spacial score (nSPS) is 29.8. The van der Waals surface area contributed by atoms with Gasteiger partial charge in [-0.05, 0) is 0 Å². The van der Waals surface area contributed by atoms with Crippen LogP contribution in [0, 0.1) is 0 Å². The van der Waals surface area contributed by atoms with Crippen molar-refractivity contribution < 1.29 is 85.7 Å². The molecule has 0 N–H and O–H groups in total. The van der Waals surface area contributed by atoms with E-state index in [0.717, 1.165) is 55.4 Å². The Morgan fingerprint density at radius 3 is 1.32 bits per heavy atom. The molecule has 0 aromatic carbocycles. The van der Waals surface area contributed by atoms with Crippen molar-refractivity contribution in [1.29, 1.82) is 0 Å². The fourth-order valence-corrected chi connectivity index (χ4v) is 5.33. The quantitative estimate of drug-likeness (QED) is 0.179. The Kier molecular flexibility index (Phi) is 14.1. The second kappa shape index (κ2) is 17.0. The summed E-state index contributed by atoms with van der Waals surface area (Å²) >= 11 is 0. The van der Waals surface area contributed by atoms with Gasteiger partial charge in [-0.25, -0.2) is 0 Å². The van der Waals surface area contributed by atoms with Crippen LogP contribution in [0.1, 0.15) is 61.8 Å². The van der Waals surface area contributed by atoms with Crippen LogP contribution >= 0.6 is 0 Å². The molecule has 0 amide bonds. The van der Waals surface area contributed by atoms with Crippen molar-refractivity contribution in [2.75, 3.05) is 19.8 Å². The molecule has 0 aromatic heterocycles. The second-order valence-electron chi connectivity index (χ2n) is 10.8. The maximum absolute atomic E-state index is 12.4. The molecule has 0 spiro atoms. The molecular formula is C29H40O18. The standard InChI is InChI=1S/C29H40O18/c1-13(30)38-10-22-25(42-17(5)34)27(44-19(7)36)24(41-16(4)33)21(46-22)9-29(12-40-15(3)32)28(45-20(8)37)26(43-18(6)35)23(47-29)11-39-14(2)31/h21-28H,9-12H2,1-8H3/t21-,22-,23-,24+,25-,26-,27-,28+,29-/m1/s1. The number of carbonyl (C=O) groups excluding carboxylic acids is 8. The zero-order valence-corrected chi connectivity index (χ0v) is 27.3. The Bertz CT molecular complexity index is 1210. The molecular weight excluding hydrogens is 636 g/mol. The van der Waals surface area contributed by atoms with Gasteiger partial charge in [-0.2, -0.15) is 0 Å². The van der Waals surface area contributed by atoms with Gasteiger partial charge in [0.15, 0.2) is 30.5 Å². The molecule has 0 aliphatic carbocycles. The lowest BCUT2D eigenvalue weighted by Gasteiger charge is -2.47. The van der Waals surface area contributed by atoms with Crippen molar-refractivity contribution in [2.45, 2.75) is 116 Å². The number of ether oxygens (including phenoxy) is 10. The Balaban J connectivity index is 2.78. The van der Waals surface area contributed by atoms with Gasteiger partial charge in [0.2, 0.25) is 0 Å². The van der Waals surface area contributed by atoms with E-state index >= 15 is 0 Å². The van der Waals surface area contributed by atoms with Gasteiger partial charge >= 0.3 is 47.8 Å². The van der Waals surface area contributed by atoms with Crippen LogP contribution in [-0.2, 0) is 85.7 Å². The summed E-state index contributed by atoms with van der Waals surface area (Å²) < 4.78 is 55.4. The van der Waals surface area contributed by atoms with Crippen molar-refractivity contribution in [2.24, 2.45) is 0 Å². The maximum Gasteiger partial charge on any atom is 0.303 e. The highest BCUT2D eigenvalue weighted by Gasteiger charge is 2.63. The first-order valence-corrected chi connectivity index (χ1v) is 14.4. The Morgan fingerprint density at radius 1 is 0.468 bits per heavy atom. The molecule has 264 valence electrons. The zero-order chi connectivity index (χ0) is 35.6. The van der Waals surface area contributed by atoms with Gasteiger partial charge in [-0.1, -0.05) is 0 Å². The van der Waals surface area contributed by atoms with E-state index in [1.807, 2.05) is 0 Å². The van der Waals surface area contributed by atoms with Crippen LogP contribution in [-0.4, -0.2) is 122 Å². The van der Waals surface area contributed by atoms with E-state index in [1.54, 1.807) is 0 Å². The van der Waals surface area contributed by atoms with E-state index in [0.29, 0.717) is 0 Å². The van der Waals surface area contributed by atoms with E-state index in [-0.39, 0.29) is 0 Å². The zero-order valence-electron chi connectivity index (χ0n) is 27.3. The van der Waals surface area contributed by atoms with Crippen molar-refractivity contribution in [3.05, 3.63) is 0 Å². The lowest BCUT2D eigenvalue weighted by molar-refractivity contribution is -0.264. The molecule has 18 nitrogen and oxygen atoms in total. The lowest BCUT2D eigenvalue weighted by atomic mass is 9.83. The lowest BCUT2D eigenvalue weighted by Crippen LogP contribution is -2.64. The summed E-state index contributed by atoms with van der Waals surface area (Å²) in [6, 6.07) is 0. The van der Waals surface area contributed by atoms with Crippen molar-refractivity contribution in [3.8, 4) is 0 Å². The van der Waals surface area contributed by atoms with Crippen LogP contribution in [0.3, 0.4) is 0 Å². The third-order valence-electron chi connectivity index (χ3n) is 6.77. The number of hydrogen-bond donors (Lipinski definition) is 0. The average Bonchev–Trinajstić information content (AvgIpc) is 3.18. The van der Waals surface area contributed by atoms with Crippen LogP contribution in [0.4, 0.5) is 0 Å². The first-order valence-electron chi connectivity index (χ1n) is 14.4. The summed E-state index contributed by atoms with van der Waals surface area (Å²) in [5.41, 5.74) is -1.98. The number of hydrogen-bond acceptors (Lipinski definition) is 18. The SMILES string of the molecule is CC(=O)OC[C@H]1O[C@@](COC(C)=O)(C[C@H]2O[C@H](COC(C)=O)[C@@H](OC(C)=O)[C@H](OC(C)=O)[C@H]2OC(C)=O)[C@@H](OC(C)=O)[C@@H]1OC(C)=O. The molecule has 2 fully saturated rings. The molecule has 0 unspecified atom stereocenters. The summed E-state index contributed by atoms with van der Waals surface area (Å²) in [6.07, 6.45) is -12.2. The molecule has 2 saturated heterocycles. The van der Waals surface area contributed by atoms with Gasteiger partial charge < -0.3 is 47.4 Å². The fourth-order valence-electron chi connectivity index (χ4n) is 5.33. The molecule has 0 saturated carbocycles. The number of esters is 8. The summed E-state index contributed by atoms with van der Waals surface area (Å²) in [5.74, 6) is -6.59. The molecule has 2 aliphatic heterocycles. The van der Waals surface area contributed by atoms with Crippen LogP contribution in [0.2, 0.25) is 0 Å². The first kappa shape index (κ1) is 38.9. The van der Waals surface area contributed by atoms with Crippen LogP contribution in [0.25, 0.3) is 0 Å². The monoisotopic (exact) mass is 676 g/mol. The molecule has 2 aliphatic rings. The largest absolute Gasteiger partial charge is 0.463 e. The predicted molar refractivity (Wildman–Crippen MR) is 149 cm³/mol. The van der Waals surface area contributed by atoms with E-state index in [2.05, 4.69) is 0 Å².